The Morgan fingerprint density at radius 1 is 0.926 bits per heavy atom. The molecule has 0 aliphatic heterocycles. The quantitative estimate of drug-likeness (QED) is 0.688. The van der Waals surface area contributed by atoms with Crippen LogP contribution >= 0.6 is 0 Å². The number of carbonyl (C=O) groups excluding carboxylic acids is 2. The van der Waals surface area contributed by atoms with Gasteiger partial charge >= 0.3 is 12.2 Å². The van der Waals surface area contributed by atoms with E-state index in [-0.39, 0.29) is 17.8 Å². The molecule has 144 valence electrons. The van der Waals surface area contributed by atoms with Crippen LogP contribution in [0.5, 0.6) is 0 Å². The fraction of sp³-hybridized carbons (Fsp3) is 0.176. The first-order valence-electron chi connectivity index (χ1n) is 7.58. The topological polar surface area (TPSA) is 70.2 Å². The number of amides is 3. The van der Waals surface area contributed by atoms with Crippen molar-refractivity contribution in [1.29, 1.82) is 0 Å². The molecular formula is C17H14F5N3O2. The fourth-order valence-corrected chi connectivity index (χ4v) is 2.04. The van der Waals surface area contributed by atoms with Gasteiger partial charge in [0.2, 0.25) is 5.91 Å². The third-order valence-corrected chi connectivity index (χ3v) is 3.32. The number of carbonyl (C=O) groups is 2. The van der Waals surface area contributed by atoms with Gasteiger partial charge in [0.05, 0.1) is 12.1 Å². The third kappa shape index (κ3) is 6.24. The SMILES string of the molecule is O=C(CNC(=O)NCc1cccc(C(F)(F)F)c1)Nc1ccc(F)c(F)c1. The van der Waals surface area contributed by atoms with Gasteiger partial charge in [-0.1, -0.05) is 12.1 Å². The van der Waals surface area contributed by atoms with Crippen molar-refractivity contribution < 1.29 is 31.5 Å². The molecule has 0 bridgehead atoms. The number of alkyl halides is 3. The molecule has 0 aromatic heterocycles. The van der Waals surface area contributed by atoms with E-state index in [4.69, 9.17) is 0 Å². The molecule has 0 aliphatic carbocycles. The molecule has 0 fully saturated rings. The average molecular weight is 387 g/mol. The molecule has 0 atom stereocenters. The van der Waals surface area contributed by atoms with Crippen LogP contribution in [0.4, 0.5) is 32.4 Å². The highest BCUT2D eigenvalue weighted by Gasteiger charge is 2.30. The lowest BCUT2D eigenvalue weighted by molar-refractivity contribution is -0.137. The lowest BCUT2D eigenvalue weighted by atomic mass is 10.1. The normalized spacial score (nSPS) is 11.0. The summed E-state index contributed by atoms with van der Waals surface area (Å²) in [6.45, 7) is -0.659. The Balaban J connectivity index is 1.79. The van der Waals surface area contributed by atoms with Crippen LogP contribution < -0.4 is 16.0 Å². The zero-order chi connectivity index (χ0) is 20.0. The smallest absolute Gasteiger partial charge is 0.334 e. The van der Waals surface area contributed by atoms with Crippen molar-refractivity contribution >= 4 is 17.6 Å². The third-order valence-electron chi connectivity index (χ3n) is 3.32. The first kappa shape index (κ1) is 20.1. The van der Waals surface area contributed by atoms with Crippen molar-refractivity contribution in [3.8, 4) is 0 Å². The van der Waals surface area contributed by atoms with Crippen molar-refractivity contribution in [2.45, 2.75) is 12.7 Å². The Kier molecular flexibility index (Phi) is 6.32. The second-order valence-corrected chi connectivity index (χ2v) is 5.41. The van der Waals surface area contributed by atoms with Crippen LogP contribution in [-0.2, 0) is 17.5 Å². The van der Waals surface area contributed by atoms with Crippen LogP contribution in [0.2, 0.25) is 0 Å². The molecule has 0 aliphatic rings. The molecule has 0 radical (unpaired) electrons. The highest BCUT2D eigenvalue weighted by molar-refractivity contribution is 5.94. The monoisotopic (exact) mass is 387 g/mol. The van der Waals surface area contributed by atoms with Crippen LogP contribution in [0.3, 0.4) is 0 Å². The van der Waals surface area contributed by atoms with E-state index in [1.54, 1.807) is 0 Å². The molecule has 0 spiro atoms. The van der Waals surface area contributed by atoms with Crippen LogP contribution in [0.15, 0.2) is 42.5 Å². The first-order valence-corrected chi connectivity index (χ1v) is 7.58. The summed E-state index contributed by atoms with van der Waals surface area (Å²) in [5, 5.41) is 6.75. The van der Waals surface area contributed by atoms with Gasteiger partial charge in [-0.25, -0.2) is 13.6 Å². The van der Waals surface area contributed by atoms with Gasteiger partial charge in [0, 0.05) is 18.3 Å². The second kappa shape index (κ2) is 8.47. The first-order chi connectivity index (χ1) is 12.6. The molecule has 5 nitrogen and oxygen atoms in total. The number of hydrogen-bond acceptors (Lipinski definition) is 2. The van der Waals surface area contributed by atoms with E-state index in [9.17, 15) is 31.5 Å². The summed E-state index contributed by atoms with van der Waals surface area (Å²) >= 11 is 0. The molecule has 0 heterocycles. The number of benzene rings is 2. The molecule has 0 saturated carbocycles. The minimum atomic E-state index is -4.49. The largest absolute Gasteiger partial charge is 0.416 e. The van der Waals surface area contributed by atoms with Gasteiger partial charge < -0.3 is 16.0 Å². The van der Waals surface area contributed by atoms with Crippen LogP contribution in [0, 0.1) is 11.6 Å². The Morgan fingerprint density at radius 3 is 2.33 bits per heavy atom. The van der Waals surface area contributed by atoms with Crippen molar-refractivity contribution in [3.63, 3.8) is 0 Å². The number of urea groups is 1. The van der Waals surface area contributed by atoms with Gasteiger partial charge in [0.1, 0.15) is 0 Å². The molecule has 0 unspecified atom stereocenters. The summed E-state index contributed by atoms with van der Waals surface area (Å²) in [5.41, 5.74) is -0.607. The van der Waals surface area contributed by atoms with E-state index < -0.39 is 41.9 Å². The molecule has 2 aromatic carbocycles. The van der Waals surface area contributed by atoms with Gasteiger partial charge in [-0.3, -0.25) is 4.79 Å². The second-order valence-electron chi connectivity index (χ2n) is 5.41. The molecule has 2 aromatic rings. The van der Waals surface area contributed by atoms with Crippen molar-refractivity contribution in [1.82, 2.24) is 10.6 Å². The van der Waals surface area contributed by atoms with Gasteiger partial charge in [-0.2, -0.15) is 13.2 Å². The zero-order valence-corrected chi connectivity index (χ0v) is 13.7. The Bertz CT molecular complexity index is 840. The zero-order valence-electron chi connectivity index (χ0n) is 13.7. The summed E-state index contributed by atoms with van der Waals surface area (Å²) in [4.78, 5) is 23.3. The lowest BCUT2D eigenvalue weighted by Crippen LogP contribution is -2.39. The van der Waals surface area contributed by atoms with E-state index in [2.05, 4.69) is 16.0 Å². The number of hydrogen-bond donors (Lipinski definition) is 3. The molecule has 0 saturated heterocycles. The number of rotatable bonds is 5. The number of halogens is 5. The molecular weight excluding hydrogens is 373 g/mol. The van der Waals surface area contributed by atoms with Gasteiger partial charge in [-0.15, -0.1) is 0 Å². The number of nitrogens with one attached hydrogen (secondary N) is 3. The number of anilines is 1. The molecule has 27 heavy (non-hydrogen) atoms. The Hall–Kier alpha value is -3.17. The van der Waals surface area contributed by atoms with Gasteiger partial charge in [0.15, 0.2) is 11.6 Å². The van der Waals surface area contributed by atoms with E-state index >= 15 is 0 Å². The summed E-state index contributed by atoms with van der Waals surface area (Å²) in [6, 6.07) is 6.40. The van der Waals surface area contributed by atoms with Crippen LogP contribution in [0.1, 0.15) is 11.1 Å². The summed E-state index contributed by atoms with van der Waals surface area (Å²) in [5.74, 6) is -2.91. The van der Waals surface area contributed by atoms with E-state index in [0.717, 1.165) is 30.3 Å². The van der Waals surface area contributed by atoms with E-state index in [1.807, 2.05) is 0 Å². The maximum atomic E-state index is 13.0. The highest BCUT2D eigenvalue weighted by atomic mass is 19.4. The highest BCUT2D eigenvalue weighted by Crippen LogP contribution is 2.29. The maximum absolute atomic E-state index is 13.0. The molecule has 2 rings (SSSR count). The lowest BCUT2D eigenvalue weighted by Gasteiger charge is -2.10. The standard InChI is InChI=1S/C17H14F5N3O2/c18-13-5-4-12(7-14(13)19)25-15(26)9-24-16(27)23-8-10-2-1-3-11(6-10)17(20,21)22/h1-7H,8-9H2,(H,25,26)(H2,23,24,27). The minimum absolute atomic E-state index is 0.00470. The van der Waals surface area contributed by atoms with E-state index in [0.29, 0.717) is 0 Å². The van der Waals surface area contributed by atoms with Crippen molar-refractivity contribution in [3.05, 3.63) is 65.2 Å². The summed E-state index contributed by atoms with van der Waals surface area (Å²) in [7, 11) is 0. The van der Waals surface area contributed by atoms with Crippen molar-refractivity contribution in [2.75, 3.05) is 11.9 Å². The van der Waals surface area contributed by atoms with Gasteiger partial charge in [0.25, 0.3) is 0 Å². The summed E-state index contributed by atoms with van der Waals surface area (Å²) in [6.07, 6.45) is -4.49. The molecule has 10 heteroatoms. The van der Waals surface area contributed by atoms with Crippen LogP contribution in [-0.4, -0.2) is 18.5 Å². The maximum Gasteiger partial charge on any atom is 0.416 e. The average Bonchev–Trinajstić information content (AvgIpc) is 2.61. The van der Waals surface area contributed by atoms with Crippen molar-refractivity contribution in [2.24, 2.45) is 0 Å². The fourth-order valence-electron chi connectivity index (χ4n) is 2.04. The van der Waals surface area contributed by atoms with E-state index in [1.165, 1.54) is 12.1 Å². The Morgan fingerprint density at radius 2 is 1.67 bits per heavy atom. The van der Waals surface area contributed by atoms with Crippen LogP contribution in [0.25, 0.3) is 0 Å². The van der Waals surface area contributed by atoms with Gasteiger partial charge in [-0.05, 0) is 29.8 Å². The predicted molar refractivity (Wildman–Crippen MR) is 86.7 cm³/mol. The predicted octanol–water partition coefficient (Wildman–Crippen LogP) is 3.42. The molecule has 3 amide bonds. The minimum Gasteiger partial charge on any atom is -0.334 e. The summed E-state index contributed by atoms with van der Waals surface area (Å²) < 4.78 is 63.7. The Labute approximate surface area is 150 Å². The molecule has 3 N–H and O–H groups in total.